The van der Waals surface area contributed by atoms with Crippen molar-refractivity contribution >= 4 is 108 Å². The second-order valence-corrected chi connectivity index (χ2v) is 38.8. The Morgan fingerprint density at radius 2 is 0.792 bits per heavy atom. The van der Waals surface area contributed by atoms with Crippen LogP contribution in [0, 0.1) is 39.5 Å². The Hall–Kier alpha value is -6.83. The Balaban J connectivity index is 0.000000488. The second-order valence-electron chi connectivity index (χ2n) is 30.5. The quantitative estimate of drug-likeness (QED) is 0.0177. The summed E-state index contributed by atoms with van der Waals surface area (Å²) in [4.78, 5) is 78.0. The molecule has 0 saturated carbocycles. The zero-order valence-corrected chi connectivity index (χ0v) is 83.0. The molecule has 9 aromatic carbocycles. The van der Waals surface area contributed by atoms with Gasteiger partial charge in [-0.05, 0) is 200 Å². The van der Waals surface area contributed by atoms with E-state index in [4.69, 9.17) is 59.8 Å². The van der Waals surface area contributed by atoms with E-state index in [-0.39, 0.29) is 170 Å². The van der Waals surface area contributed by atoms with Gasteiger partial charge in [-0.15, -0.1) is 12.0 Å². The van der Waals surface area contributed by atoms with Crippen LogP contribution >= 0.6 is 41.6 Å². The molecule has 3 aliphatic rings. The standard InChI is InChI=1S/C21H29N3O2Si.C18H21N3O2.C16H20IN3O2.2C12H10.2C6H5.CH2O3.CH4O.CH4.2ClH.2K.Pd.H/c1-21(2,3)26-20(25)24-12-7-8-18(24)19-22-16-10-9-15(14-17(16)23-19)11-13-27(4,5)6;1-5-12-8-9-13-14(11-12)20-16(19-13)15-7-6-10-21(15)17(22)23-18(2,3)4;1-16(2,3)22-15(21)20-8-4-5-13(20)14-18-11-7-6-10(17)9-12(11)19-14;2*1-3-7-11(8-4-1)12-9-5-2-6-10-12;2*1-2-4-6-5-3-1;2-1-4-3;1-2;;;;;;;/h9-10,14,18H,7-8,12H2,1-6H3,(H,22,23);1,8-9,11,15H,6-7,10H2,2-4H3,(H,19,20);6-7,9,13H,4-5,8H2,1-3H3,(H,18,19);2*1-10H;2*1-5H;1,3H;2H,1H3;1H4;2*1H;;;;/q;;;;;2*-1;;;;;;2*+1;+2;-1/p-3/t18-;15-;13-;;;;;;;;;;;;;/m000............./s1. The summed E-state index contributed by atoms with van der Waals surface area (Å²) in [5.41, 5.74) is 14.4. The smallest absolute Gasteiger partial charge is 1.00 e. The maximum Gasteiger partial charge on any atom is 1.00 e. The fraction of sp³-hybridized carbons (Fsp3) is 0.309. The average Bonchev–Trinajstić information content (AvgIpc) is 1.66. The van der Waals surface area contributed by atoms with Gasteiger partial charge in [0.15, 0.2) is 0 Å². The predicted molar refractivity (Wildman–Crippen MR) is 483 cm³/mol. The Morgan fingerprint density at radius 3 is 1.05 bits per heavy atom. The molecular formula is C94H110Cl2IK2N9O10PdSi-2. The zero-order valence-electron chi connectivity index (χ0n) is 71.5. The van der Waals surface area contributed by atoms with Gasteiger partial charge in [-0.2, -0.15) is 72.8 Å². The van der Waals surface area contributed by atoms with Gasteiger partial charge in [-0.3, -0.25) is 19.5 Å². The van der Waals surface area contributed by atoms with Gasteiger partial charge in [0.25, 0.3) is 6.47 Å². The van der Waals surface area contributed by atoms with Gasteiger partial charge in [-0.1, -0.05) is 160 Å². The van der Waals surface area contributed by atoms with Crippen molar-refractivity contribution in [3.05, 3.63) is 281 Å². The minimum Gasteiger partial charge on any atom is -1.00 e. The van der Waals surface area contributed by atoms with Gasteiger partial charge in [-0.25, -0.2) is 29.3 Å². The molecule has 15 rings (SSSR count). The maximum atomic E-state index is 12.5. The number of hydrogen-bond donors (Lipinski definition) is 4. The Morgan fingerprint density at radius 1 is 0.517 bits per heavy atom. The normalized spacial score (nSPS) is 14.1. The second kappa shape index (κ2) is 56.1. The molecule has 0 aliphatic carbocycles. The molecule has 4 N–H and O–H groups in total. The van der Waals surface area contributed by atoms with Crippen molar-refractivity contribution in [1.82, 2.24) is 44.6 Å². The van der Waals surface area contributed by atoms with E-state index in [2.05, 4.69) is 205 Å². The number of nitrogens with zero attached hydrogens (tertiary/aromatic N) is 6. The number of halogens is 3. The number of hydrogen-bond acceptors (Lipinski definition) is 13. The Labute approximate surface area is 826 Å². The van der Waals surface area contributed by atoms with Crippen LogP contribution in [0.15, 0.2) is 237 Å². The number of imidazole rings is 3. The molecule has 3 amide bonds. The molecule has 12 aromatic rings. The van der Waals surface area contributed by atoms with Crippen LogP contribution in [0.2, 0.25) is 19.6 Å². The molecule has 0 spiro atoms. The van der Waals surface area contributed by atoms with Gasteiger partial charge in [0, 0.05) is 41.4 Å². The first kappa shape index (κ1) is 107. The number of benzene rings is 9. The summed E-state index contributed by atoms with van der Waals surface area (Å²) in [5.74, 6) is 8.37. The first-order valence-corrected chi connectivity index (χ1v) is 46.7. The van der Waals surface area contributed by atoms with Gasteiger partial charge in [0.2, 0.25) is 0 Å². The Kier molecular flexibility index (Phi) is 50.2. The fourth-order valence-electron chi connectivity index (χ4n) is 11.9. The number of rotatable bonds is 6. The number of carbonyl (C=O) groups excluding carboxylic acids is 4. The van der Waals surface area contributed by atoms with Gasteiger partial charge in [0.05, 0.1) is 51.2 Å². The summed E-state index contributed by atoms with van der Waals surface area (Å²) in [6, 6.07) is 84.2. The SMILES string of the molecule is C.C#Cc1ccc2nc([C@@H]3CCCN3C(=O)OC(C)(C)C)[nH]c2c1.CC(C)(C)OC(=O)N1CCC[C@H]1c1nc2ccc(C#C[Si](C)(C)C)cc2[nH]1.CC(C)(C)OC(=O)N1CCC[C@H]1c1nc2ccc(I)cc2[nH]1.CO.O=CO[O-].[Cl][Pd][Cl].[H-].[K+].[K+].[c-]1ccccc1.[c-]1ccccc1.c1ccc(-c2ccccc2)cc1.c1ccc(-c2ccccc2)cc1. The third-order valence-electron chi connectivity index (χ3n) is 16.8. The van der Waals surface area contributed by atoms with E-state index >= 15 is 0 Å². The summed E-state index contributed by atoms with van der Waals surface area (Å²) < 4.78 is 17.7. The van der Waals surface area contributed by atoms with Crippen LogP contribution in [0.5, 0.6) is 0 Å². The van der Waals surface area contributed by atoms with Gasteiger partial charge < -0.3 is 45.8 Å². The first-order chi connectivity index (χ1) is 56.0. The Bertz CT molecular complexity index is 4820. The van der Waals surface area contributed by atoms with Crippen LogP contribution in [-0.2, 0) is 39.8 Å². The molecule has 3 saturated heterocycles. The summed E-state index contributed by atoms with van der Waals surface area (Å²) in [7, 11) is 9.22. The maximum absolute atomic E-state index is 12.5. The van der Waals surface area contributed by atoms with Crippen LogP contribution in [0.1, 0.15) is 156 Å². The number of amides is 3. The molecule has 0 unspecified atom stereocenters. The molecule has 0 bridgehead atoms. The first-order valence-electron chi connectivity index (χ1n) is 38.1. The number of fused-ring (bicyclic) bond motifs is 3. The van der Waals surface area contributed by atoms with Gasteiger partial charge >= 0.3 is 156 Å². The molecule has 0 radical (unpaired) electrons. The minimum atomic E-state index is -1.41. The van der Waals surface area contributed by atoms with Gasteiger partial charge in [0.1, 0.15) is 42.4 Å². The number of terminal acetylenes is 1. The van der Waals surface area contributed by atoms with Crippen LogP contribution in [-0.4, -0.2) is 126 Å². The topological polar surface area (TPSA) is 244 Å². The van der Waals surface area contributed by atoms with Crippen molar-refractivity contribution in [1.29, 1.82) is 0 Å². The number of aliphatic hydroxyl groups is 1. The van der Waals surface area contributed by atoms with Crippen molar-refractivity contribution in [2.45, 2.75) is 163 Å². The summed E-state index contributed by atoms with van der Waals surface area (Å²) in [6.45, 7) is 25.6. The third kappa shape index (κ3) is 38.9. The van der Waals surface area contributed by atoms with E-state index in [9.17, 15) is 14.4 Å². The number of aromatic nitrogens is 6. The molecule has 630 valence electrons. The van der Waals surface area contributed by atoms with Crippen molar-refractivity contribution in [2.75, 3.05) is 26.7 Å². The number of ether oxygens (including phenoxy) is 3. The van der Waals surface area contributed by atoms with Crippen LogP contribution < -0.4 is 108 Å². The zero-order chi connectivity index (χ0) is 85.4. The number of H-pyrrole nitrogens is 3. The molecule has 3 aliphatic heterocycles. The molecule has 3 aromatic heterocycles. The van der Waals surface area contributed by atoms with E-state index in [1.165, 1.54) is 22.3 Å². The summed E-state index contributed by atoms with van der Waals surface area (Å²) >= 11 is 2.18. The predicted octanol–water partition coefficient (Wildman–Crippen LogP) is 16.6. The molecule has 26 heteroatoms. The van der Waals surface area contributed by atoms with Crippen LogP contribution in [0.25, 0.3) is 55.4 Å². The molecular weight excluding hydrogens is 1830 g/mol. The molecule has 120 heavy (non-hydrogen) atoms. The summed E-state index contributed by atoms with van der Waals surface area (Å²) in [5, 5.41) is 15.4. The number of carbonyl (C=O) groups is 4. The van der Waals surface area contributed by atoms with E-state index in [0.717, 1.165) is 111 Å². The van der Waals surface area contributed by atoms with E-state index in [0.29, 0.717) is 19.6 Å². The minimum absolute atomic E-state index is 0. The number of aromatic amines is 3. The fourth-order valence-corrected chi connectivity index (χ4v) is 12.9. The van der Waals surface area contributed by atoms with E-state index < -0.39 is 24.9 Å². The number of likely N-dealkylation sites (tertiary alicyclic amines) is 3. The number of aliphatic hydroxyl groups excluding tert-OH is 1. The van der Waals surface area contributed by atoms with Crippen molar-refractivity contribution < 1.29 is 169 Å². The van der Waals surface area contributed by atoms with Crippen molar-refractivity contribution in [3.8, 4) is 46.1 Å². The molecule has 3 fully saturated rings. The molecule has 6 heterocycles. The number of nitrogens with one attached hydrogen (secondary N) is 3. The largest absolute Gasteiger partial charge is 1.00 e. The van der Waals surface area contributed by atoms with E-state index in [1.54, 1.807) is 14.7 Å². The van der Waals surface area contributed by atoms with E-state index in [1.807, 2.05) is 196 Å². The van der Waals surface area contributed by atoms with Crippen LogP contribution in [0.3, 0.4) is 0 Å². The van der Waals surface area contributed by atoms with Crippen LogP contribution in [0.4, 0.5) is 14.4 Å². The average molecular weight is 1940 g/mol. The monoisotopic (exact) mass is 1930 g/mol. The van der Waals surface area contributed by atoms with Crippen molar-refractivity contribution in [3.63, 3.8) is 0 Å². The summed E-state index contributed by atoms with van der Waals surface area (Å²) in [6.07, 6.45) is 10.2. The molecule has 19 nitrogen and oxygen atoms in total. The molecule has 3 atom stereocenters. The van der Waals surface area contributed by atoms with Crippen molar-refractivity contribution in [2.24, 2.45) is 0 Å². The third-order valence-corrected chi connectivity index (χ3v) is 18.4.